The summed E-state index contributed by atoms with van der Waals surface area (Å²) in [5.41, 5.74) is 0. The SMILES string of the molecule is O=C1OOCC2C3OC(C12)C1C3C2C3OC(C4C(=O)OC(=O)C34)C12. The second-order valence-electron chi connectivity index (χ2n) is 8.11. The maximum Gasteiger partial charge on any atom is 0.348 e. The third-order valence-electron chi connectivity index (χ3n) is 7.67. The topological polar surface area (TPSA) is 97.4 Å². The summed E-state index contributed by atoms with van der Waals surface area (Å²) < 4.78 is 17.1. The molecule has 0 aromatic heterocycles. The molecular formula is C16H14O8. The molecule has 8 heteroatoms. The van der Waals surface area contributed by atoms with E-state index in [1.54, 1.807) is 0 Å². The first-order chi connectivity index (χ1) is 11.7. The number of carbonyl (C=O) groups is 3. The van der Waals surface area contributed by atoms with Crippen molar-refractivity contribution in [2.24, 2.45) is 47.3 Å². The van der Waals surface area contributed by atoms with Gasteiger partial charge >= 0.3 is 17.9 Å². The lowest BCUT2D eigenvalue weighted by Gasteiger charge is -2.56. The van der Waals surface area contributed by atoms with Gasteiger partial charge in [0.15, 0.2) is 0 Å². The quantitative estimate of drug-likeness (QED) is 0.242. The monoisotopic (exact) mass is 334 g/mol. The van der Waals surface area contributed by atoms with Crippen LogP contribution in [0.1, 0.15) is 0 Å². The molecule has 6 heterocycles. The van der Waals surface area contributed by atoms with Crippen LogP contribution in [0.2, 0.25) is 0 Å². The van der Waals surface area contributed by atoms with Crippen LogP contribution in [0.3, 0.4) is 0 Å². The van der Waals surface area contributed by atoms with Crippen LogP contribution in [0.5, 0.6) is 0 Å². The van der Waals surface area contributed by atoms with Crippen molar-refractivity contribution >= 4 is 17.9 Å². The lowest BCUT2D eigenvalue weighted by Crippen LogP contribution is -2.65. The smallest absolute Gasteiger partial charge is 0.348 e. The molecule has 4 bridgehead atoms. The van der Waals surface area contributed by atoms with E-state index in [1.807, 2.05) is 0 Å². The molecule has 0 amide bonds. The van der Waals surface area contributed by atoms with Crippen molar-refractivity contribution < 1.29 is 38.4 Å². The normalized spacial score (nSPS) is 64.1. The highest BCUT2D eigenvalue weighted by molar-refractivity contribution is 5.98. The number of esters is 2. The van der Waals surface area contributed by atoms with Crippen LogP contribution < -0.4 is 0 Å². The Kier molecular flexibility index (Phi) is 1.96. The van der Waals surface area contributed by atoms with Crippen LogP contribution in [-0.2, 0) is 38.4 Å². The van der Waals surface area contributed by atoms with Crippen LogP contribution in [0, 0.1) is 47.3 Å². The summed E-state index contributed by atoms with van der Waals surface area (Å²) in [5.74, 6) is -1.56. The second-order valence-corrected chi connectivity index (χ2v) is 8.11. The lowest BCUT2D eigenvalue weighted by molar-refractivity contribution is -0.308. The largest absolute Gasteiger partial charge is 0.393 e. The van der Waals surface area contributed by atoms with Gasteiger partial charge in [-0.3, -0.25) is 14.5 Å². The standard InChI is InChI=1S/C16H14O8/c17-14-8-9(15(18)23-14)13-7-5-4(6(7)12(8)22-13)10-2-1-20-24-16(19)3(2)11(5)21-10/h2-13H,1H2. The first kappa shape index (κ1) is 12.8. The fourth-order valence-corrected chi connectivity index (χ4v) is 7.10. The third-order valence-corrected chi connectivity index (χ3v) is 7.67. The van der Waals surface area contributed by atoms with Crippen molar-refractivity contribution in [3.63, 3.8) is 0 Å². The molecule has 12 atom stereocenters. The number of ether oxygens (including phenoxy) is 3. The molecule has 7 rings (SSSR count). The minimum absolute atomic E-state index is 0.0190. The van der Waals surface area contributed by atoms with Crippen LogP contribution in [0.25, 0.3) is 0 Å². The lowest BCUT2D eigenvalue weighted by atomic mass is 9.43. The van der Waals surface area contributed by atoms with Crippen LogP contribution in [-0.4, -0.2) is 48.9 Å². The molecule has 0 spiro atoms. The van der Waals surface area contributed by atoms with E-state index in [0.717, 1.165) is 0 Å². The predicted molar refractivity (Wildman–Crippen MR) is 68.4 cm³/mol. The summed E-state index contributed by atoms with van der Waals surface area (Å²) in [4.78, 5) is 45.8. The first-order valence-electron chi connectivity index (χ1n) is 8.56. The van der Waals surface area contributed by atoms with E-state index in [0.29, 0.717) is 6.61 Å². The number of cyclic esters (lactones) is 2. The Morgan fingerprint density at radius 1 is 0.667 bits per heavy atom. The molecule has 126 valence electrons. The van der Waals surface area contributed by atoms with Gasteiger partial charge in [0.25, 0.3) is 0 Å². The first-order valence-corrected chi connectivity index (χ1v) is 8.56. The average molecular weight is 334 g/mol. The molecular weight excluding hydrogens is 320 g/mol. The molecule has 1 saturated carbocycles. The van der Waals surface area contributed by atoms with Gasteiger partial charge in [-0.15, -0.1) is 0 Å². The summed E-state index contributed by atoms with van der Waals surface area (Å²) in [6.45, 7) is 0.361. The molecule has 24 heavy (non-hydrogen) atoms. The fourth-order valence-electron chi connectivity index (χ4n) is 7.10. The molecule has 0 N–H and O–H groups in total. The Labute approximate surface area is 135 Å². The highest BCUT2D eigenvalue weighted by Crippen LogP contribution is 2.73. The Hall–Kier alpha value is -1.51. The molecule has 12 unspecified atom stereocenters. The van der Waals surface area contributed by atoms with Crippen LogP contribution in [0.15, 0.2) is 0 Å². The summed E-state index contributed by atoms with van der Waals surface area (Å²) in [6, 6.07) is 0. The third kappa shape index (κ3) is 1.09. The van der Waals surface area contributed by atoms with Crippen molar-refractivity contribution in [3.05, 3.63) is 0 Å². The maximum atomic E-state index is 12.1. The molecule has 0 aromatic carbocycles. The van der Waals surface area contributed by atoms with E-state index in [-0.39, 0.29) is 65.9 Å². The second kappa shape index (κ2) is 3.68. The number of rotatable bonds is 0. The van der Waals surface area contributed by atoms with E-state index in [1.165, 1.54) is 0 Å². The van der Waals surface area contributed by atoms with E-state index in [4.69, 9.17) is 24.0 Å². The van der Waals surface area contributed by atoms with Gasteiger partial charge in [0, 0.05) is 5.92 Å². The van der Waals surface area contributed by atoms with Crippen LogP contribution >= 0.6 is 0 Å². The molecule has 7 fully saturated rings. The minimum Gasteiger partial charge on any atom is -0.393 e. The molecule has 7 aliphatic rings. The zero-order valence-corrected chi connectivity index (χ0v) is 12.4. The molecule has 6 saturated heterocycles. The van der Waals surface area contributed by atoms with Gasteiger partial charge in [0.05, 0.1) is 42.2 Å². The number of carbonyl (C=O) groups excluding carboxylic acids is 3. The molecule has 0 radical (unpaired) electrons. The van der Waals surface area contributed by atoms with Crippen molar-refractivity contribution in [2.75, 3.05) is 6.61 Å². The van der Waals surface area contributed by atoms with Gasteiger partial charge in [0.1, 0.15) is 6.61 Å². The van der Waals surface area contributed by atoms with E-state index >= 15 is 0 Å². The average Bonchev–Trinajstić information content (AvgIpc) is 3.26. The van der Waals surface area contributed by atoms with Crippen molar-refractivity contribution in [3.8, 4) is 0 Å². The van der Waals surface area contributed by atoms with Gasteiger partial charge in [-0.25, -0.2) is 4.79 Å². The summed E-state index contributed by atoms with van der Waals surface area (Å²) in [7, 11) is 0. The number of fused-ring (bicyclic) bond motifs is 18. The minimum atomic E-state index is -0.471. The molecule has 1 aliphatic carbocycles. The Bertz CT molecular complexity index is 719. The number of hydrogen-bond acceptors (Lipinski definition) is 8. The zero-order valence-electron chi connectivity index (χ0n) is 12.4. The highest BCUT2D eigenvalue weighted by atomic mass is 17.2. The zero-order chi connectivity index (χ0) is 15.9. The van der Waals surface area contributed by atoms with E-state index < -0.39 is 23.8 Å². The van der Waals surface area contributed by atoms with Gasteiger partial charge in [0.2, 0.25) is 0 Å². The van der Waals surface area contributed by atoms with E-state index in [2.05, 4.69) is 0 Å². The van der Waals surface area contributed by atoms with E-state index in [9.17, 15) is 14.4 Å². The Balaban J connectivity index is 1.28. The summed E-state index contributed by atoms with van der Waals surface area (Å²) in [6.07, 6.45) is -0.753. The summed E-state index contributed by atoms with van der Waals surface area (Å²) in [5, 5.41) is 0. The van der Waals surface area contributed by atoms with Crippen molar-refractivity contribution in [2.45, 2.75) is 24.4 Å². The van der Waals surface area contributed by atoms with Crippen molar-refractivity contribution in [1.82, 2.24) is 0 Å². The molecule has 0 aromatic rings. The van der Waals surface area contributed by atoms with Gasteiger partial charge < -0.3 is 14.2 Å². The Morgan fingerprint density at radius 2 is 1.21 bits per heavy atom. The highest BCUT2D eigenvalue weighted by Gasteiger charge is 2.82. The van der Waals surface area contributed by atoms with Crippen molar-refractivity contribution in [1.29, 1.82) is 0 Å². The predicted octanol–water partition coefficient (Wildman–Crippen LogP) is -0.937. The summed E-state index contributed by atoms with van der Waals surface area (Å²) >= 11 is 0. The Morgan fingerprint density at radius 3 is 1.88 bits per heavy atom. The maximum absolute atomic E-state index is 12.1. The molecule has 8 nitrogen and oxygen atoms in total. The molecule has 6 aliphatic heterocycles. The van der Waals surface area contributed by atoms with Gasteiger partial charge in [-0.2, -0.15) is 4.89 Å². The van der Waals surface area contributed by atoms with Gasteiger partial charge in [-0.1, -0.05) is 0 Å². The van der Waals surface area contributed by atoms with Crippen LogP contribution in [0.4, 0.5) is 0 Å². The number of hydrogen-bond donors (Lipinski definition) is 0. The van der Waals surface area contributed by atoms with Gasteiger partial charge in [-0.05, 0) is 23.7 Å². The fraction of sp³-hybridized carbons (Fsp3) is 0.812.